The van der Waals surface area contributed by atoms with E-state index in [1.807, 2.05) is 4.90 Å². The maximum atomic E-state index is 12.7. The lowest BCUT2D eigenvalue weighted by molar-refractivity contribution is 0.0725. The normalized spacial score (nSPS) is 14.6. The van der Waals surface area contributed by atoms with E-state index in [1.54, 1.807) is 37.3 Å². The number of benzene rings is 1. The highest BCUT2D eigenvalue weighted by Gasteiger charge is 2.22. The molecule has 0 radical (unpaired) electrons. The van der Waals surface area contributed by atoms with Crippen LogP contribution >= 0.6 is 0 Å². The van der Waals surface area contributed by atoms with E-state index in [9.17, 15) is 9.59 Å². The quantitative estimate of drug-likeness (QED) is 0.945. The molecular formula is C17H19N3O3. The van der Waals surface area contributed by atoms with Crippen LogP contribution in [0.4, 0.5) is 5.69 Å². The van der Waals surface area contributed by atoms with Gasteiger partial charge in [0, 0.05) is 19.2 Å². The lowest BCUT2D eigenvalue weighted by Gasteiger charge is -2.27. The molecule has 0 aliphatic carbocycles. The van der Waals surface area contributed by atoms with Crippen LogP contribution in [0.1, 0.15) is 45.9 Å². The molecule has 0 atom stereocenters. The molecular weight excluding hydrogens is 294 g/mol. The predicted molar refractivity (Wildman–Crippen MR) is 85.4 cm³/mol. The summed E-state index contributed by atoms with van der Waals surface area (Å²) >= 11 is 0. The third kappa shape index (κ3) is 3.41. The van der Waals surface area contributed by atoms with Crippen LogP contribution in [0.25, 0.3) is 0 Å². The molecule has 1 saturated heterocycles. The Morgan fingerprint density at radius 3 is 2.61 bits per heavy atom. The second-order valence-corrected chi connectivity index (χ2v) is 5.69. The molecule has 0 bridgehead atoms. The number of nitrogens with one attached hydrogen (secondary N) is 1. The summed E-state index contributed by atoms with van der Waals surface area (Å²) in [4.78, 5) is 26.7. The summed E-state index contributed by atoms with van der Waals surface area (Å²) in [5.41, 5.74) is 1.62. The van der Waals surface area contributed by atoms with E-state index in [0.29, 0.717) is 16.9 Å². The molecule has 0 unspecified atom stereocenters. The zero-order valence-corrected chi connectivity index (χ0v) is 13.0. The molecule has 3 rings (SSSR count). The average Bonchev–Trinajstić information content (AvgIpc) is 3.02. The van der Waals surface area contributed by atoms with Crippen LogP contribution in [-0.4, -0.2) is 35.0 Å². The Morgan fingerprint density at radius 1 is 1.17 bits per heavy atom. The lowest BCUT2D eigenvalue weighted by Crippen LogP contribution is -2.36. The number of rotatable bonds is 3. The van der Waals surface area contributed by atoms with Crippen molar-refractivity contribution < 1.29 is 14.1 Å². The molecule has 2 amide bonds. The van der Waals surface area contributed by atoms with Crippen molar-refractivity contribution in [3.63, 3.8) is 0 Å². The molecule has 6 heteroatoms. The first-order valence-electron chi connectivity index (χ1n) is 7.78. The standard InChI is InChI=1S/C17H19N3O3/c1-12-11-15(23-19-12)16(21)18-14-8-4-3-7-13(14)17(22)20-9-5-2-6-10-20/h3-4,7-8,11H,2,5-6,9-10H2,1H3,(H,18,21). The number of likely N-dealkylation sites (tertiary alicyclic amines) is 1. The van der Waals surface area contributed by atoms with E-state index in [4.69, 9.17) is 4.52 Å². The Morgan fingerprint density at radius 2 is 1.91 bits per heavy atom. The highest BCUT2D eigenvalue weighted by molar-refractivity contribution is 6.07. The van der Waals surface area contributed by atoms with Crippen LogP contribution in [0, 0.1) is 6.92 Å². The zero-order chi connectivity index (χ0) is 16.2. The summed E-state index contributed by atoms with van der Waals surface area (Å²) in [5.74, 6) is -0.332. The third-order valence-corrected chi connectivity index (χ3v) is 3.90. The Labute approximate surface area is 134 Å². The van der Waals surface area contributed by atoms with Crippen LogP contribution in [0.15, 0.2) is 34.9 Å². The minimum Gasteiger partial charge on any atom is -0.351 e. The van der Waals surface area contributed by atoms with Crippen molar-refractivity contribution in [3.8, 4) is 0 Å². The number of aryl methyl sites for hydroxylation is 1. The van der Waals surface area contributed by atoms with Crippen molar-refractivity contribution in [3.05, 3.63) is 47.3 Å². The minimum atomic E-state index is -0.413. The Bertz CT molecular complexity index is 717. The fraction of sp³-hybridized carbons (Fsp3) is 0.353. The van der Waals surface area contributed by atoms with Gasteiger partial charge in [-0.2, -0.15) is 0 Å². The number of hydrogen-bond acceptors (Lipinski definition) is 4. The van der Waals surface area contributed by atoms with Crippen LogP contribution < -0.4 is 5.32 Å². The Kier molecular flexibility index (Phi) is 4.41. The Hall–Kier alpha value is -2.63. The smallest absolute Gasteiger partial charge is 0.294 e. The van der Waals surface area contributed by atoms with E-state index < -0.39 is 5.91 Å². The van der Waals surface area contributed by atoms with Gasteiger partial charge in [0.05, 0.1) is 16.9 Å². The molecule has 0 saturated carbocycles. The number of piperidine rings is 1. The largest absolute Gasteiger partial charge is 0.351 e. The summed E-state index contributed by atoms with van der Waals surface area (Å²) in [5, 5.41) is 6.44. The van der Waals surface area contributed by atoms with Crippen LogP contribution in [0.2, 0.25) is 0 Å². The van der Waals surface area contributed by atoms with Crippen molar-refractivity contribution in [1.82, 2.24) is 10.1 Å². The number of hydrogen-bond donors (Lipinski definition) is 1. The monoisotopic (exact) mass is 313 g/mol. The molecule has 1 N–H and O–H groups in total. The number of para-hydroxylation sites is 1. The van der Waals surface area contributed by atoms with Gasteiger partial charge in [-0.25, -0.2) is 0 Å². The fourth-order valence-electron chi connectivity index (χ4n) is 2.70. The first-order chi connectivity index (χ1) is 11.1. The fourth-order valence-corrected chi connectivity index (χ4v) is 2.70. The minimum absolute atomic E-state index is 0.0469. The average molecular weight is 313 g/mol. The second-order valence-electron chi connectivity index (χ2n) is 5.69. The number of amides is 2. The highest BCUT2D eigenvalue weighted by Crippen LogP contribution is 2.20. The SMILES string of the molecule is Cc1cc(C(=O)Nc2ccccc2C(=O)N2CCCCC2)on1. The summed E-state index contributed by atoms with van der Waals surface area (Å²) in [6.07, 6.45) is 3.21. The molecule has 23 heavy (non-hydrogen) atoms. The van der Waals surface area contributed by atoms with Crippen molar-refractivity contribution in [2.75, 3.05) is 18.4 Å². The van der Waals surface area contributed by atoms with Crippen molar-refractivity contribution in [2.24, 2.45) is 0 Å². The highest BCUT2D eigenvalue weighted by atomic mass is 16.5. The molecule has 2 aromatic rings. The molecule has 1 aliphatic rings. The van der Waals surface area contributed by atoms with Gasteiger partial charge < -0.3 is 14.7 Å². The molecule has 1 aromatic heterocycles. The van der Waals surface area contributed by atoms with Crippen molar-refractivity contribution >= 4 is 17.5 Å². The third-order valence-electron chi connectivity index (χ3n) is 3.90. The second kappa shape index (κ2) is 6.64. The number of aromatic nitrogens is 1. The molecule has 1 fully saturated rings. The number of carbonyl (C=O) groups is 2. The number of anilines is 1. The first-order valence-corrected chi connectivity index (χ1v) is 7.78. The van der Waals surface area contributed by atoms with Gasteiger partial charge >= 0.3 is 0 Å². The molecule has 1 aromatic carbocycles. The van der Waals surface area contributed by atoms with Crippen LogP contribution in [0.5, 0.6) is 0 Å². The summed E-state index contributed by atoms with van der Waals surface area (Å²) < 4.78 is 4.96. The zero-order valence-electron chi connectivity index (χ0n) is 13.0. The molecule has 6 nitrogen and oxygen atoms in total. The lowest BCUT2D eigenvalue weighted by atomic mass is 10.1. The molecule has 120 valence electrons. The van der Waals surface area contributed by atoms with Gasteiger partial charge in [0.1, 0.15) is 0 Å². The van der Waals surface area contributed by atoms with Gasteiger partial charge in [-0.05, 0) is 38.3 Å². The van der Waals surface area contributed by atoms with E-state index >= 15 is 0 Å². The van der Waals surface area contributed by atoms with E-state index in [1.165, 1.54) is 0 Å². The predicted octanol–water partition coefficient (Wildman–Crippen LogP) is 2.86. The van der Waals surface area contributed by atoms with Crippen LogP contribution in [-0.2, 0) is 0 Å². The maximum Gasteiger partial charge on any atom is 0.294 e. The topological polar surface area (TPSA) is 75.4 Å². The van der Waals surface area contributed by atoms with Gasteiger partial charge in [0.2, 0.25) is 5.76 Å². The van der Waals surface area contributed by atoms with Gasteiger partial charge in [0.15, 0.2) is 0 Å². The number of nitrogens with zero attached hydrogens (tertiary/aromatic N) is 2. The molecule has 2 heterocycles. The van der Waals surface area contributed by atoms with Crippen molar-refractivity contribution in [2.45, 2.75) is 26.2 Å². The van der Waals surface area contributed by atoms with E-state index in [-0.39, 0.29) is 11.7 Å². The van der Waals surface area contributed by atoms with Gasteiger partial charge in [-0.3, -0.25) is 9.59 Å². The summed E-state index contributed by atoms with van der Waals surface area (Å²) in [6.45, 7) is 3.28. The molecule has 1 aliphatic heterocycles. The summed E-state index contributed by atoms with van der Waals surface area (Å²) in [7, 11) is 0. The van der Waals surface area contributed by atoms with E-state index in [2.05, 4.69) is 10.5 Å². The van der Waals surface area contributed by atoms with Gasteiger partial charge in [-0.15, -0.1) is 0 Å². The maximum absolute atomic E-state index is 12.7. The van der Waals surface area contributed by atoms with Gasteiger partial charge in [0.25, 0.3) is 11.8 Å². The first kappa shape index (κ1) is 15.3. The van der Waals surface area contributed by atoms with Gasteiger partial charge in [-0.1, -0.05) is 17.3 Å². The Balaban J connectivity index is 1.80. The summed E-state index contributed by atoms with van der Waals surface area (Å²) in [6, 6.07) is 8.60. The van der Waals surface area contributed by atoms with Crippen molar-refractivity contribution in [1.29, 1.82) is 0 Å². The number of carbonyl (C=O) groups excluding carboxylic acids is 2. The van der Waals surface area contributed by atoms with Crippen LogP contribution in [0.3, 0.4) is 0 Å². The molecule has 0 spiro atoms. The van der Waals surface area contributed by atoms with E-state index in [0.717, 1.165) is 32.4 Å².